The minimum atomic E-state index is -0.273. The Hall–Kier alpha value is -1.89. The second-order valence-corrected chi connectivity index (χ2v) is 5.65. The standard InChI is InChI=1S/C13H20N6O/c14-7-13(4-2-1-3-5-13)8-15-10-6-11-17-18-12(20)19(11)9-16-10/h6,9,15H,1-5,7-8,14H2,(H,18,20). The average molecular weight is 276 g/mol. The highest BCUT2D eigenvalue weighted by molar-refractivity contribution is 5.48. The summed E-state index contributed by atoms with van der Waals surface area (Å²) in [6, 6.07) is 1.77. The molecule has 20 heavy (non-hydrogen) atoms. The molecule has 4 N–H and O–H groups in total. The molecule has 2 aromatic rings. The summed E-state index contributed by atoms with van der Waals surface area (Å²) in [5.41, 5.74) is 6.45. The van der Waals surface area contributed by atoms with Gasteiger partial charge in [-0.15, -0.1) is 0 Å². The van der Waals surface area contributed by atoms with Crippen LogP contribution in [0, 0.1) is 5.41 Å². The molecule has 7 heteroatoms. The molecule has 0 amide bonds. The second kappa shape index (κ2) is 5.24. The molecule has 0 spiro atoms. The number of H-pyrrole nitrogens is 1. The minimum Gasteiger partial charge on any atom is -0.369 e. The van der Waals surface area contributed by atoms with Gasteiger partial charge in [-0.05, 0) is 24.8 Å². The van der Waals surface area contributed by atoms with Crippen molar-refractivity contribution in [3.63, 3.8) is 0 Å². The Morgan fingerprint density at radius 3 is 2.95 bits per heavy atom. The summed E-state index contributed by atoms with van der Waals surface area (Å²) in [5.74, 6) is 0.731. The fraction of sp³-hybridized carbons (Fsp3) is 0.615. The molecule has 0 aliphatic heterocycles. The van der Waals surface area contributed by atoms with Crippen LogP contribution in [-0.4, -0.2) is 32.7 Å². The molecule has 1 aliphatic carbocycles. The molecule has 3 rings (SSSR count). The third-order valence-electron chi connectivity index (χ3n) is 4.30. The smallest absolute Gasteiger partial charge is 0.348 e. The van der Waals surface area contributed by atoms with Gasteiger partial charge < -0.3 is 11.1 Å². The molecular formula is C13H20N6O. The molecule has 108 valence electrons. The van der Waals surface area contributed by atoms with E-state index in [1.54, 1.807) is 6.07 Å². The van der Waals surface area contributed by atoms with Crippen LogP contribution < -0.4 is 16.7 Å². The average Bonchev–Trinajstić information content (AvgIpc) is 2.87. The number of hydrogen-bond acceptors (Lipinski definition) is 5. The topological polar surface area (TPSA) is 101 Å². The zero-order valence-electron chi connectivity index (χ0n) is 11.4. The third kappa shape index (κ3) is 2.40. The van der Waals surface area contributed by atoms with Crippen molar-refractivity contribution >= 4 is 11.5 Å². The number of rotatable bonds is 4. The molecule has 0 aromatic carbocycles. The maximum atomic E-state index is 11.4. The van der Waals surface area contributed by atoms with Gasteiger partial charge in [-0.1, -0.05) is 19.3 Å². The number of nitrogens with one attached hydrogen (secondary N) is 2. The van der Waals surface area contributed by atoms with Crippen LogP contribution >= 0.6 is 0 Å². The monoisotopic (exact) mass is 276 g/mol. The molecule has 7 nitrogen and oxygen atoms in total. The molecule has 1 aliphatic rings. The molecule has 0 radical (unpaired) electrons. The molecule has 2 heterocycles. The minimum absolute atomic E-state index is 0.178. The Labute approximate surface area is 116 Å². The number of nitrogens with two attached hydrogens (primary N) is 1. The summed E-state index contributed by atoms with van der Waals surface area (Å²) in [7, 11) is 0. The summed E-state index contributed by atoms with van der Waals surface area (Å²) < 4.78 is 1.38. The molecule has 1 fully saturated rings. The summed E-state index contributed by atoms with van der Waals surface area (Å²) in [6.45, 7) is 1.52. The first kappa shape index (κ1) is 13.1. The van der Waals surface area contributed by atoms with Gasteiger partial charge in [0.2, 0.25) is 0 Å². The molecule has 0 unspecified atom stereocenters. The van der Waals surface area contributed by atoms with Crippen LogP contribution in [0.1, 0.15) is 32.1 Å². The second-order valence-electron chi connectivity index (χ2n) is 5.65. The van der Waals surface area contributed by atoms with E-state index in [0.29, 0.717) is 12.2 Å². The van der Waals surface area contributed by atoms with Crippen LogP contribution in [0.5, 0.6) is 0 Å². The lowest BCUT2D eigenvalue weighted by molar-refractivity contribution is 0.215. The van der Waals surface area contributed by atoms with Crippen molar-refractivity contribution in [1.82, 2.24) is 19.6 Å². The number of aromatic nitrogens is 4. The van der Waals surface area contributed by atoms with E-state index in [4.69, 9.17) is 5.73 Å². The summed E-state index contributed by atoms with van der Waals surface area (Å²) in [4.78, 5) is 15.6. The van der Waals surface area contributed by atoms with Crippen molar-refractivity contribution in [3.8, 4) is 0 Å². The van der Waals surface area contributed by atoms with Crippen LogP contribution in [0.2, 0.25) is 0 Å². The van der Waals surface area contributed by atoms with Crippen molar-refractivity contribution in [2.75, 3.05) is 18.4 Å². The predicted octanol–water partition coefficient (Wildman–Crippen LogP) is 0.739. The summed E-state index contributed by atoms with van der Waals surface area (Å²) in [6.07, 6.45) is 7.63. The molecule has 0 bridgehead atoms. The molecular weight excluding hydrogens is 256 g/mol. The van der Waals surface area contributed by atoms with E-state index < -0.39 is 0 Å². The quantitative estimate of drug-likeness (QED) is 0.764. The van der Waals surface area contributed by atoms with E-state index in [2.05, 4.69) is 20.5 Å². The normalized spacial score (nSPS) is 18.2. The third-order valence-corrected chi connectivity index (χ3v) is 4.30. The Morgan fingerprint density at radius 1 is 1.40 bits per heavy atom. The molecule has 2 aromatic heterocycles. The van der Waals surface area contributed by atoms with E-state index in [0.717, 1.165) is 12.4 Å². The van der Waals surface area contributed by atoms with Gasteiger partial charge in [0.1, 0.15) is 12.1 Å². The van der Waals surface area contributed by atoms with Gasteiger partial charge >= 0.3 is 5.69 Å². The zero-order chi connectivity index (χ0) is 14.0. The van der Waals surface area contributed by atoms with Crippen molar-refractivity contribution in [1.29, 1.82) is 0 Å². The van der Waals surface area contributed by atoms with Crippen molar-refractivity contribution in [2.45, 2.75) is 32.1 Å². The maximum absolute atomic E-state index is 11.4. The van der Waals surface area contributed by atoms with E-state index in [1.807, 2.05) is 0 Å². The van der Waals surface area contributed by atoms with Crippen molar-refractivity contribution < 1.29 is 0 Å². The van der Waals surface area contributed by atoms with Crippen LogP contribution in [0.3, 0.4) is 0 Å². The largest absolute Gasteiger partial charge is 0.369 e. The molecule has 0 atom stereocenters. The highest BCUT2D eigenvalue weighted by Crippen LogP contribution is 2.35. The zero-order valence-corrected chi connectivity index (χ0v) is 11.4. The predicted molar refractivity (Wildman–Crippen MR) is 76.7 cm³/mol. The van der Waals surface area contributed by atoms with Gasteiger partial charge in [0, 0.05) is 12.6 Å². The maximum Gasteiger partial charge on any atom is 0.348 e. The van der Waals surface area contributed by atoms with Crippen molar-refractivity contribution in [2.24, 2.45) is 11.1 Å². The Kier molecular flexibility index (Phi) is 3.43. The molecule has 0 saturated heterocycles. The number of hydrogen-bond donors (Lipinski definition) is 3. The van der Waals surface area contributed by atoms with Gasteiger partial charge in [-0.3, -0.25) is 0 Å². The van der Waals surface area contributed by atoms with Gasteiger partial charge in [-0.2, -0.15) is 5.10 Å². The van der Waals surface area contributed by atoms with Crippen LogP contribution in [0.15, 0.2) is 17.2 Å². The summed E-state index contributed by atoms with van der Waals surface area (Å²) >= 11 is 0. The fourth-order valence-electron chi connectivity index (χ4n) is 2.94. The highest BCUT2D eigenvalue weighted by atomic mass is 16.1. The van der Waals surface area contributed by atoms with E-state index in [-0.39, 0.29) is 11.1 Å². The van der Waals surface area contributed by atoms with Gasteiger partial charge in [-0.25, -0.2) is 19.3 Å². The Bertz CT molecular complexity index is 640. The first-order chi connectivity index (χ1) is 9.72. The number of fused-ring (bicyclic) bond motifs is 1. The van der Waals surface area contributed by atoms with Crippen molar-refractivity contribution in [3.05, 3.63) is 22.9 Å². The van der Waals surface area contributed by atoms with E-state index in [1.165, 1.54) is 42.8 Å². The SMILES string of the molecule is NCC1(CNc2cc3n[nH]c(=O)n3cn2)CCCCC1. The van der Waals surface area contributed by atoms with E-state index in [9.17, 15) is 4.79 Å². The number of aromatic amines is 1. The highest BCUT2D eigenvalue weighted by Gasteiger charge is 2.30. The Balaban J connectivity index is 1.74. The fourth-order valence-corrected chi connectivity index (χ4v) is 2.94. The number of nitrogens with zero attached hydrogens (tertiary/aromatic N) is 3. The van der Waals surface area contributed by atoms with Gasteiger partial charge in [0.25, 0.3) is 0 Å². The lowest BCUT2D eigenvalue weighted by Crippen LogP contribution is -2.39. The van der Waals surface area contributed by atoms with Crippen LogP contribution in [-0.2, 0) is 0 Å². The van der Waals surface area contributed by atoms with Crippen LogP contribution in [0.25, 0.3) is 5.65 Å². The Morgan fingerprint density at radius 2 is 2.20 bits per heavy atom. The van der Waals surface area contributed by atoms with E-state index >= 15 is 0 Å². The molecule has 1 saturated carbocycles. The number of anilines is 1. The van der Waals surface area contributed by atoms with Crippen LogP contribution in [0.4, 0.5) is 5.82 Å². The van der Waals surface area contributed by atoms with Gasteiger partial charge in [0.05, 0.1) is 0 Å². The summed E-state index contributed by atoms with van der Waals surface area (Å²) in [5, 5.41) is 9.68. The first-order valence-electron chi connectivity index (χ1n) is 7.09. The van der Waals surface area contributed by atoms with Gasteiger partial charge in [0.15, 0.2) is 5.65 Å². The first-order valence-corrected chi connectivity index (χ1v) is 7.09. The lowest BCUT2D eigenvalue weighted by atomic mass is 9.74. The lowest BCUT2D eigenvalue weighted by Gasteiger charge is -2.36.